The quantitative estimate of drug-likeness (QED) is 0.313. The van der Waals surface area contributed by atoms with E-state index in [2.05, 4.69) is 0 Å². The molecule has 0 saturated carbocycles. The predicted octanol–water partition coefficient (Wildman–Crippen LogP) is 0.0381. The second-order valence-corrected chi connectivity index (χ2v) is 7.73. The fraction of sp³-hybridized carbons (Fsp3) is 0.381. The Labute approximate surface area is 181 Å². The van der Waals surface area contributed by atoms with Crippen LogP contribution in [0.2, 0.25) is 0 Å². The number of ketones is 1. The number of benzene rings is 2. The fourth-order valence-electron chi connectivity index (χ4n) is 3.77. The highest BCUT2D eigenvalue weighted by Gasteiger charge is 2.48. The molecule has 1 saturated heterocycles. The van der Waals surface area contributed by atoms with Gasteiger partial charge in [-0.15, -0.1) is 0 Å². The van der Waals surface area contributed by atoms with Crippen LogP contribution in [0.5, 0.6) is 28.7 Å². The van der Waals surface area contributed by atoms with E-state index in [4.69, 9.17) is 14.2 Å². The minimum atomic E-state index is -1.71. The van der Waals surface area contributed by atoms with Gasteiger partial charge >= 0.3 is 0 Å². The van der Waals surface area contributed by atoms with Crippen molar-refractivity contribution >= 4 is 5.78 Å². The molecule has 1 fully saturated rings. The third kappa shape index (κ3) is 3.70. The highest BCUT2D eigenvalue weighted by Crippen LogP contribution is 2.44. The molecule has 7 N–H and O–H groups in total. The summed E-state index contributed by atoms with van der Waals surface area (Å²) < 4.78 is 16.9. The van der Waals surface area contributed by atoms with Crippen LogP contribution < -0.4 is 4.74 Å². The van der Waals surface area contributed by atoms with Gasteiger partial charge in [-0.25, -0.2) is 0 Å². The minimum Gasteiger partial charge on any atom is -0.508 e. The maximum atomic E-state index is 13.3. The van der Waals surface area contributed by atoms with Gasteiger partial charge in [0.15, 0.2) is 30.0 Å². The first kappa shape index (κ1) is 22.1. The van der Waals surface area contributed by atoms with Crippen LogP contribution in [0.15, 0.2) is 30.3 Å². The lowest BCUT2D eigenvalue weighted by Gasteiger charge is -2.42. The molecule has 2 aliphatic rings. The van der Waals surface area contributed by atoms with Gasteiger partial charge in [0.25, 0.3) is 0 Å². The van der Waals surface area contributed by atoms with Gasteiger partial charge in [0.05, 0.1) is 6.10 Å². The molecule has 2 aromatic carbocycles. The Bertz CT molecular complexity index is 1040. The third-order valence-corrected chi connectivity index (χ3v) is 5.52. The van der Waals surface area contributed by atoms with Gasteiger partial charge in [-0.1, -0.05) is 6.07 Å². The average Bonchev–Trinajstić information content (AvgIpc) is 2.73. The molecule has 2 heterocycles. The van der Waals surface area contributed by atoms with Crippen molar-refractivity contribution in [1.82, 2.24) is 0 Å². The number of Topliss-reactive ketones (excluding diaryl/α,β-unsaturated/α-hetero) is 1. The highest BCUT2D eigenvalue weighted by molar-refractivity contribution is 6.05. The van der Waals surface area contributed by atoms with E-state index in [0.29, 0.717) is 0 Å². The van der Waals surface area contributed by atoms with Crippen LogP contribution in [0.25, 0.3) is 0 Å². The van der Waals surface area contributed by atoms with Crippen LogP contribution in [0, 0.1) is 0 Å². The van der Waals surface area contributed by atoms with Crippen molar-refractivity contribution in [2.45, 2.75) is 49.8 Å². The van der Waals surface area contributed by atoms with Gasteiger partial charge in [0.2, 0.25) is 5.78 Å². The van der Waals surface area contributed by atoms with E-state index in [0.717, 1.165) is 18.2 Å². The summed E-state index contributed by atoms with van der Waals surface area (Å²) in [6.07, 6.45) is -10.0. The van der Waals surface area contributed by atoms with E-state index in [9.17, 15) is 40.5 Å². The van der Waals surface area contributed by atoms with Crippen molar-refractivity contribution < 1.29 is 54.8 Å². The van der Waals surface area contributed by atoms with Crippen molar-refractivity contribution in [3.63, 3.8) is 0 Å². The standard InChI is InChI=1S/C21H22O11/c1-7-15(26)17(28)18(29)21(30-7)32-20-16(27)14-12(25)5-9(22)6-13(14)31-19(20)8-2-3-10(23)11(24)4-8/h2-7,15,17-26,28-29H,1H3/t7-,15-,17+,18-,19-,20-,21-/m0/s1. The zero-order chi connectivity index (χ0) is 23.3. The molecular formula is C21H22O11. The lowest BCUT2D eigenvalue weighted by atomic mass is 9.92. The fourth-order valence-corrected chi connectivity index (χ4v) is 3.77. The van der Waals surface area contributed by atoms with Gasteiger partial charge in [0.1, 0.15) is 41.1 Å². The van der Waals surface area contributed by atoms with Gasteiger partial charge in [-0.2, -0.15) is 0 Å². The number of hydrogen-bond donors (Lipinski definition) is 7. The molecule has 0 amide bonds. The molecule has 4 rings (SSSR count). The number of phenols is 4. The summed E-state index contributed by atoms with van der Waals surface area (Å²) in [5.74, 6) is -2.79. The molecule has 0 aliphatic carbocycles. The number of fused-ring (bicyclic) bond motifs is 1. The second kappa shape index (κ2) is 8.11. The molecule has 0 unspecified atom stereocenters. The SMILES string of the molecule is C[C@@H]1O[C@@H](O[C@H]2C(=O)c3c(O)cc(O)cc3O[C@H]2c2ccc(O)c(O)c2)[C@@H](O)[C@H](O)[C@H]1O. The molecule has 0 bridgehead atoms. The van der Waals surface area contributed by atoms with E-state index >= 15 is 0 Å². The predicted molar refractivity (Wildman–Crippen MR) is 104 cm³/mol. The molecule has 0 spiro atoms. The van der Waals surface area contributed by atoms with Crippen LogP contribution in [0.1, 0.15) is 28.9 Å². The van der Waals surface area contributed by atoms with Gasteiger partial charge in [-0.3, -0.25) is 4.79 Å². The number of ether oxygens (including phenoxy) is 3. The zero-order valence-corrected chi connectivity index (χ0v) is 16.7. The van der Waals surface area contributed by atoms with Crippen LogP contribution in [0.3, 0.4) is 0 Å². The van der Waals surface area contributed by atoms with Gasteiger partial charge < -0.3 is 50.0 Å². The summed E-state index contributed by atoms with van der Waals surface area (Å²) in [4.78, 5) is 13.3. The van der Waals surface area contributed by atoms with Crippen molar-refractivity contribution in [3.8, 4) is 28.7 Å². The maximum Gasteiger partial charge on any atom is 0.203 e. The first-order valence-electron chi connectivity index (χ1n) is 9.72. The third-order valence-electron chi connectivity index (χ3n) is 5.52. The van der Waals surface area contributed by atoms with E-state index in [1.165, 1.54) is 19.1 Å². The smallest absolute Gasteiger partial charge is 0.203 e. The monoisotopic (exact) mass is 450 g/mol. The van der Waals surface area contributed by atoms with Crippen molar-refractivity contribution in [2.75, 3.05) is 0 Å². The van der Waals surface area contributed by atoms with E-state index in [1.54, 1.807) is 0 Å². The van der Waals surface area contributed by atoms with E-state index in [1.807, 2.05) is 0 Å². The molecule has 11 heteroatoms. The zero-order valence-electron chi connectivity index (χ0n) is 16.7. The van der Waals surface area contributed by atoms with Gasteiger partial charge in [0, 0.05) is 12.1 Å². The summed E-state index contributed by atoms with van der Waals surface area (Å²) in [6, 6.07) is 5.72. The lowest BCUT2D eigenvalue weighted by molar-refractivity contribution is -0.304. The Hall–Kier alpha value is -3.09. The average molecular weight is 450 g/mol. The number of aliphatic hydroxyl groups excluding tert-OH is 3. The molecule has 11 nitrogen and oxygen atoms in total. The Morgan fingerprint density at radius 3 is 2.28 bits per heavy atom. The molecule has 0 aromatic heterocycles. The van der Waals surface area contributed by atoms with Crippen molar-refractivity contribution in [2.24, 2.45) is 0 Å². The highest BCUT2D eigenvalue weighted by atomic mass is 16.7. The van der Waals surface area contributed by atoms with Crippen LogP contribution >= 0.6 is 0 Å². The van der Waals surface area contributed by atoms with Crippen molar-refractivity contribution in [1.29, 1.82) is 0 Å². The molecule has 2 aromatic rings. The minimum absolute atomic E-state index is 0.154. The summed E-state index contributed by atoms with van der Waals surface area (Å²) in [5, 5.41) is 69.7. The number of hydrogen-bond acceptors (Lipinski definition) is 11. The topological polar surface area (TPSA) is 186 Å². The number of aliphatic hydroxyl groups is 3. The van der Waals surface area contributed by atoms with E-state index < -0.39 is 65.9 Å². The summed E-state index contributed by atoms with van der Waals surface area (Å²) in [6.45, 7) is 1.44. The van der Waals surface area contributed by atoms with Crippen LogP contribution in [0.4, 0.5) is 0 Å². The maximum absolute atomic E-state index is 13.3. The number of rotatable bonds is 3. The summed E-state index contributed by atoms with van der Waals surface area (Å²) in [5.41, 5.74) is -0.1000. The Kier molecular flexibility index (Phi) is 5.61. The number of carbonyl (C=O) groups is 1. The number of phenolic OH excluding ortho intramolecular Hbond substituents is 4. The largest absolute Gasteiger partial charge is 0.508 e. The first-order chi connectivity index (χ1) is 15.1. The normalized spacial score (nSPS) is 32.2. The molecular weight excluding hydrogens is 428 g/mol. The Balaban J connectivity index is 1.75. The Morgan fingerprint density at radius 2 is 1.59 bits per heavy atom. The molecule has 172 valence electrons. The van der Waals surface area contributed by atoms with Crippen molar-refractivity contribution in [3.05, 3.63) is 41.5 Å². The number of aromatic hydroxyl groups is 4. The molecule has 0 radical (unpaired) electrons. The molecule has 2 aliphatic heterocycles. The molecule has 32 heavy (non-hydrogen) atoms. The summed E-state index contributed by atoms with van der Waals surface area (Å²) in [7, 11) is 0. The van der Waals surface area contributed by atoms with Crippen LogP contribution in [-0.4, -0.2) is 78.3 Å². The van der Waals surface area contributed by atoms with Crippen LogP contribution in [-0.2, 0) is 9.47 Å². The summed E-state index contributed by atoms with van der Waals surface area (Å²) >= 11 is 0. The van der Waals surface area contributed by atoms with Gasteiger partial charge in [-0.05, 0) is 24.6 Å². The second-order valence-electron chi connectivity index (χ2n) is 7.73. The Morgan fingerprint density at radius 1 is 0.875 bits per heavy atom. The molecule has 7 atom stereocenters. The van der Waals surface area contributed by atoms with E-state index in [-0.39, 0.29) is 22.6 Å². The first-order valence-corrected chi connectivity index (χ1v) is 9.72. The lowest BCUT2D eigenvalue weighted by Crippen LogP contribution is -2.59. The number of carbonyl (C=O) groups excluding carboxylic acids is 1.